The van der Waals surface area contributed by atoms with E-state index in [1.54, 1.807) is 42.5 Å². The molecule has 0 saturated carbocycles. The van der Waals surface area contributed by atoms with Gasteiger partial charge in [0.25, 0.3) is 0 Å². The predicted octanol–water partition coefficient (Wildman–Crippen LogP) is 5.66. The lowest BCUT2D eigenvalue weighted by Crippen LogP contribution is -2.06. The molecule has 0 aliphatic carbocycles. The van der Waals surface area contributed by atoms with Crippen molar-refractivity contribution in [1.29, 1.82) is 0 Å². The minimum Gasteiger partial charge on any atom is -0.486 e. The summed E-state index contributed by atoms with van der Waals surface area (Å²) < 4.78 is 6.01. The number of ether oxygens (including phenoxy) is 1. The molecule has 152 valence electrons. The quantitative estimate of drug-likeness (QED) is 0.458. The van der Waals surface area contributed by atoms with Gasteiger partial charge in [0.2, 0.25) is 0 Å². The van der Waals surface area contributed by atoms with E-state index in [0.717, 1.165) is 11.1 Å². The Morgan fingerprint density at radius 1 is 0.767 bits per heavy atom. The molecule has 1 atom stereocenters. The molecule has 0 spiro atoms. The number of carbonyl (C=O) groups excluding carboxylic acids is 3. The summed E-state index contributed by atoms with van der Waals surface area (Å²) in [6.07, 6.45) is 0.0273. The molecule has 0 fully saturated rings. The highest BCUT2D eigenvalue weighted by Gasteiger charge is 2.12. The van der Waals surface area contributed by atoms with Crippen molar-refractivity contribution in [3.05, 3.63) is 101 Å². The van der Waals surface area contributed by atoms with E-state index in [4.69, 9.17) is 4.74 Å². The summed E-state index contributed by atoms with van der Waals surface area (Å²) in [6.45, 7) is 4.98. The number of ketones is 3. The summed E-state index contributed by atoms with van der Waals surface area (Å²) in [5.41, 5.74) is 3.67. The number of hydrogen-bond donors (Lipinski definition) is 0. The lowest BCUT2D eigenvalue weighted by Gasteiger charge is -2.16. The molecule has 0 heterocycles. The first-order valence-corrected chi connectivity index (χ1v) is 9.84. The molecule has 0 amide bonds. The highest BCUT2D eigenvalue weighted by atomic mass is 16.5. The van der Waals surface area contributed by atoms with Crippen LogP contribution in [0.15, 0.2) is 72.8 Å². The van der Waals surface area contributed by atoms with Gasteiger partial charge in [0.15, 0.2) is 17.3 Å². The van der Waals surface area contributed by atoms with Gasteiger partial charge in [-0.2, -0.15) is 0 Å². The fraction of sp³-hybridized carbons (Fsp3) is 0.192. The molecular weight excluding hydrogens is 376 g/mol. The largest absolute Gasteiger partial charge is 0.486 e. The van der Waals surface area contributed by atoms with E-state index in [1.165, 1.54) is 13.8 Å². The highest BCUT2D eigenvalue weighted by Crippen LogP contribution is 2.23. The second kappa shape index (κ2) is 9.31. The van der Waals surface area contributed by atoms with Gasteiger partial charge in [0.1, 0.15) is 11.9 Å². The Bertz CT molecular complexity index is 1060. The minimum atomic E-state index is -0.226. The van der Waals surface area contributed by atoms with E-state index in [-0.39, 0.29) is 29.9 Å². The zero-order valence-electron chi connectivity index (χ0n) is 17.3. The Balaban J connectivity index is 1.68. The maximum atomic E-state index is 12.7. The van der Waals surface area contributed by atoms with Crippen molar-refractivity contribution in [2.24, 2.45) is 0 Å². The molecule has 0 aliphatic rings. The van der Waals surface area contributed by atoms with Crippen LogP contribution in [-0.4, -0.2) is 17.3 Å². The smallest absolute Gasteiger partial charge is 0.167 e. The number of hydrogen-bond acceptors (Lipinski definition) is 4. The van der Waals surface area contributed by atoms with Gasteiger partial charge in [-0.1, -0.05) is 60.7 Å². The van der Waals surface area contributed by atoms with Gasteiger partial charge in [0.05, 0.1) is 0 Å². The first kappa shape index (κ1) is 21.2. The number of benzene rings is 3. The molecule has 1 unspecified atom stereocenters. The summed E-state index contributed by atoms with van der Waals surface area (Å²) in [6, 6.07) is 21.5. The highest BCUT2D eigenvalue weighted by molar-refractivity contribution is 5.98. The predicted molar refractivity (Wildman–Crippen MR) is 116 cm³/mol. The van der Waals surface area contributed by atoms with Crippen LogP contribution in [0.1, 0.15) is 69.1 Å². The molecule has 0 saturated heterocycles. The average molecular weight is 400 g/mol. The zero-order chi connectivity index (χ0) is 21.7. The third-order valence-corrected chi connectivity index (χ3v) is 4.98. The van der Waals surface area contributed by atoms with Crippen LogP contribution < -0.4 is 4.74 Å². The fourth-order valence-corrected chi connectivity index (χ4v) is 3.15. The van der Waals surface area contributed by atoms with Gasteiger partial charge in [-0.15, -0.1) is 0 Å². The summed E-state index contributed by atoms with van der Waals surface area (Å²) in [4.78, 5) is 35.5. The van der Waals surface area contributed by atoms with Gasteiger partial charge in [-0.05, 0) is 44.0 Å². The summed E-state index contributed by atoms with van der Waals surface area (Å²) >= 11 is 0. The van der Waals surface area contributed by atoms with E-state index in [9.17, 15) is 14.4 Å². The third kappa shape index (κ3) is 5.29. The van der Waals surface area contributed by atoms with Crippen LogP contribution in [0.2, 0.25) is 0 Å². The maximum absolute atomic E-state index is 12.7. The summed E-state index contributed by atoms with van der Waals surface area (Å²) in [5, 5.41) is 0. The Kier molecular flexibility index (Phi) is 6.58. The van der Waals surface area contributed by atoms with Gasteiger partial charge >= 0.3 is 0 Å². The van der Waals surface area contributed by atoms with E-state index >= 15 is 0 Å². The normalized spacial score (nSPS) is 11.6. The lowest BCUT2D eigenvalue weighted by atomic mass is 10.0. The minimum absolute atomic E-state index is 0.00257. The van der Waals surface area contributed by atoms with Crippen molar-refractivity contribution in [3.8, 4) is 5.75 Å². The van der Waals surface area contributed by atoms with Crippen LogP contribution in [-0.2, 0) is 6.42 Å². The first-order chi connectivity index (χ1) is 14.3. The monoisotopic (exact) mass is 400 g/mol. The van der Waals surface area contributed by atoms with Crippen molar-refractivity contribution in [1.82, 2.24) is 0 Å². The number of carbonyl (C=O) groups is 3. The van der Waals surface area contributed by atoms with E-state index < -0.39 is 0 Å². The van der Waals surface area contributed by atoms with Crippen LogP contribution in [0.4, 0.5) is 0 Å². The molecule has 30 heavy (non-hydrogen) atoms. The molecule has 3 aromatic carbocycles. The lowest BCUT2D eigenvalue weighted by molar-refractivity contribution is 0.0989. The molecule has 4 heteroatoms. The van der Waals surface area contributed by atoms with E-state index in [0.29, 0.717) is 22.4 Å². The van der Waals surface area contributed by atoms with Gasteiger partial charge in [-0.25, -0.2) is 0 Å². The Morgan fingerprint density at radius 3 is 1.90 bits per heavy atom. The SMILES string of the molecule is CC(=O)c1ccc(CC(=O)c2cccc(OC(C)c3ccc(C(C)=O)cc3)c2)cc1. The molecule has 4 nitrogen and oxygen atoms in total. The molecule has 3 rings (SSSR count). The van der Waals surface area contributed by atoms with Gasteiger partial charge < -0.3 is 4.74 Å². The molecule has 3 aromatic rings. The van der Waals surface area contributed by atoms with Gasteiger partial charge in [0, 0.05) is 23.1 Å². The van der Waals surface area contributed by atoms with E-state index in [1.807, 2.05) is 37.3 Å². The van der Waals surface area contributed by atoms with Gasteiger partial charge in [-0.3, -0.25) is 14.4 Å². The average Bonchev–Trinajstić information content (AvgIpc) is 2.74. The Labute approximate surface area is 176 Å². The van der Waals surface area contributed by atoms with E-state index in [2.05, 4.69) is 0 Å². The summed E-state index contributed by atoms with van der Waals surface area (Å²) in [5.74, 6) is 0.616. The molecule has 0 N–H and O–H groups in total. The van der Waals surface area contributed by atoms with Crippen molar-refractivity contribution in [3.63, 3.8) is 0 Å². The van der Waals surface area contributed by atoms with Crippen LogP contribution in [0.5, 0.6) is 5.75 Å². The molecule has 0 radical (unpaired) electrons. The van der Waals surface area contributed by atoms with Crippen molar-refractivity contribution < 1.29 is 19.1 Å². The summed E-state index contributed by atoms with van der Waals surface area (Å²) in [7, 11) is 0. The third-order valence-electron chi connectivity index (χ3n) is 4.98. The fourth-order valence-electron chi connectivity index (χ4n) is 3.15. The van der Waals surface area contributed by atoms with Crippen LogP contribution in [0.25, 0.3) is 0 Å². The van der Waals surface area contributed by atoms with Crippen LogP contribution in [0, 0.1) is 0 Å². The number of Topliss-reactive ketones (excluding diaryl/α,β-unsaturated/α-hetero) is 3. The van der Waals surface area contributed by atoms with Crippen molar-refractivity contribution >= 4 is 17.3 Å². The zero-order valence-corrected chi connectivity index (χ0v) is 17.3. The second-order valence-corrected chi connectivity index (χ2v) is 7.32. The standard InChI is InChI=1S/C26H24O4/c1-17(27)21-9-7-20(8-10-21)15-26(29)24-5-4-6-25(16-24)30-19(3)23-13-11-22(12-14-23)18(2)28/h4-14,16,19H,15H2,1-3H3. The molecule has 0 aromatic heterocycles. The molecule has 0 aliphatic heterocycles. The van der Waals surface area contributed by atoms with Crippen molar-refractivity contribution in [2.45, 2.75) is 33.3 Å². The number of rotatable bonds is 8. The van der Waals surface area contributed by atoms with Crippen LogP contribution in [0.3, 0.4) is 0 Å². The Hall–Kier alpha value is -3.53. The first-order valence-electron chi connectivity index (χ1n) is 9.84. The maximum Gasteiger partial charge on any atom is 0.167 e. The molecular formula is C26H24O4. The Morgan fingerprint density at radius 2 is 1.33 bits per heavy atom. The molecule has 0 bridgehead atoms. The topological polar surface area (TPSA) is 60.4 Å². The van der Waals surface area contributed by atoms with Crippen LogP contribution >= 0.6 is 0 Å². The second-order valence-electron chi connectivity index (χ2n) is 7.32. The van der Waals surface area contributed by atoms with Crippen molar-refractivity contribution in [2.75, 3.05) is 0 Å².